The number of carbonyl (C=O) groups excluding carboxylic acids is 1. The van der Waals surface area contributed by atoms with Gasteiger partial charge in [-0.3, -0.25) is 9.78 Å². The molecule has 7 heteroatoms. The Bertz CT molecular complexity index is 754. The van der Waals surface area contributed by atoms with Crippen molar-refractivity contribution in [1.82, 2.24) is 10.3 Å². The van der Waals surface area contributed by atoms with Crippen LogP contribution in [0.25, 0.3) is 11.3 Å². The lowest BCUT2D eigenvalue weighted by molar-refractivity contribution is -0.137. The highest BCUT2D eigenvalue weighted by Crippen LogP contribution is 2.35. The molecule has 0 unspecified atom stereocenters. The third kappa shape index (κ3) is 4.40. The Labute approximate surface area is 149 Å². The maximum absolute atomic E-state index is 13.1. The van der Waals surface area contributed by atoms with E-state index in [1.165, 1.54) is 36.5 Å². The molecule has 1 aromatic carbocycles. The van der Waals surface area contributed by atoms with Crippen LogP contribution in [-0.2, 0) is 10.9 Å². The Balaban J connectivity index is 1.70. The Morgan fingerprint density at radius 3 is 2.62 bits per heavy atom. The average molecular weight is 364 g/mol. The van der Waals surface area contributed by atoms with Crippen LogP contribution in [0.15, 0.2) is 42.6 Å². The molecule has 1 aliphatic rings. The van der Waals surface area contributed by atoms with E-state index in [4.69, 9.17) is 4.74 Å². The number of carbonyl (C=O) groups is 1. The van der Waals surface area contributed by atoms with Crippen LogP contribution >= 0.6 is 0 Å². The van der Waals surface area contributed by atoms with Gasteiger partial charge in [0.2, 0.25) is 0 Å². The van der Waals surface area contributed by atoms with Crippen LogP contribution in [0.1, 0.15) is 35.2 Å². The number of nitrogens with zero attached hydrogens (tertiary/aromatic N) is 1. The number of halogens is 3. The summed E-state index contributed by atoms with van der Waals surface area (Å²) in [4.78, 5) is 16.0. The lowest BCUT2D eigenvalue weighted by atomic mass is 10.0. The van der Waals surface area contributed by atoms with Gasteiger partial charge in [-0.1, -0.05) is 12.1 Å². The van der Waals surface area contributed by atoms with Crippen LogP contribution in [0.2, 0.25) is 0 Å². The van der Waals surface area contributed by atoms with E-state index >= 15 is 0 Å². The van der Waals surface area contributed by atoms with Crippen LogP contribution in [0.4, 0.5) is 13.2 Å². The first kappa shape index (κ1) is 18.4. The van der Waals surface area contributed by atoms with E-state index in [0.717, 1.165) is 25.3 Å². The van der Waals surface area contributed by atoms with Crippen molar-refractivity contribution in [2.45, 2.75) is 31.5 Å². The number of hydrogen-bond donors (Lipinski definition) is 1. The fraction of sp³-hybridized carbons (Fsp3) is 0.368. The van der Waals surface area contributed by atoms with Crippen molar-refractivity contribution < 1.29 is 22.7 Å². The maximum Gasteiger partial charge on any atom is 0.418 e. The summed E-state index contributed by atoms with van der Waals surface area (Å²) >= 11 is 0. The predicted molar refractivity (Wildman–Crippen MR) is 90.6 cm³/mol. The van der Waals surface area contributed by atoms with Gasteiger partial charge in [0.25, 0.3) is 5.91 Å². The standard InChI is InChI=1S/C19H19F3N2O2/c20-19(21,22)16-5-3-10-23-17(16)13-6-8-14(9-7-13)18(25)24-12-15-4-1-2-11-26-15/h3,5-10,15H,1-2,4,11-12H2,(H,24,25)/t15-/m1/s1. The van der Waals surface area contributed by atoms with Crippen LogP contribution in [-0.4, -0.2) is 30.1 Å². The number of ether oxygens (including phenoxy) is 1. The van der Waals surface area contributed by atoms with E-state index in [1.54, 1.807) is 0 Å². The molecule has 0 saturated carbocycles. The Morgan fingerprint density at radius 2 is 1.96 bits per heavy atom. The van der Waals surface area contributed by atoms with Gasteiger partial charge in [-0.25, -0.2) is 0 Å². The summed E-state index contributed by atoms with van der Waals surface area (Å²) in [5.74, 6) is -0.275. The van der Waals surface area contributed by atoms with E-state index in [2.05, 4.69) is 10.3 Å². The van der Waals surface area contributed by atoms with Gasteiger partial charge in [0.05, 0.1) is 17.4 Å². The molecule has 1 aliphatic heterocycles. The summed E-state index contributed by atoms with van der Waals surface area (Å²) in [6, 6.07) is 8.20. The van der Waals surface area contributed by atoms with E-state index in [-0.39, 0.29) is 17.7 Å². The minimum atomic E-state index is -4.49. The molecule has 2 aromatic rings. The van der Waals surface area contributed by atoms with Gasteiger partial charge >= 0.3 is 6.18 Å². The van der Waals surface area contributed by atoms with E-state index in [9.17, 15) is 18.0 Å². The van der Waals surface area contributed by atoms with E-state index < -0.39 is 11.7 Å². The number of benzene rings is 1. The molecule has 4 nitrogen and oxygen atoms in total. The highest BCUT2D eigenvalue weighted by Gasteiger charge is 2.34. The van der Waals surface area contributed by atoms with Crippen molar-refractivity contribution in [1.29, 1.82) is 0 Å². The molecule has 0 bridgehead atoms. The minimum Gasteiger partial charge on any atom is -0.376 e. The largest absolute Gasteiger partial charge is 0.418 e. The van der Waals surface area contributed by atoms with Crippen LogP contribution in [0, 0.1) is 0 Å². The Kier molecular flexibility index (Phi) is 5.56. The highest BCUT2D eigenvalue weighted by molar-refractivity contribution is 5.94. The van der Waals surface area contributed by atoms with Crippen molar-refractivity contribution in [3.05, 3.63) is 53.7 Å². The quantitative estimate of drug-likeness (QED) is 0.890. The van der Waals surface area contributed by atoms with Gasteiger partial charge in [-0.2, -0.15) is 13.2 Å². The normalized spacial score (nSPS) is 17.7. The number of hydrogen-bond acceptors (Lipinski definition) is 3. The molecule has 3 rings (SSSR count). The van der Waals surface area contributed by atoms with Crippen molar-refractivity contribution in [3.63, 3.8) is 0 Å². The van der Waals surface area contributed by atoms with Crippen molar-refractivity contribution in [3.8, 4) is 11.3 Å². The minimum absolute atomic E-state index is 0.0230. The first-order valence-electron chi connectivity index (χ1n) is 8.47. The van der Waals surface area contributed by atoms with Crippen LogP contribution in [0.5, 0.6) is 0 Å². The number of nitrogens with one attached hydrogen (secondary N) is 1. The Morgan fingerprint density at radius 1 is 1.19 bits per heavy atom. The zero-order valence-electron chi connectivity index (χ0n) is 14.1. The Hall–Kier alpha value is -2.41. The number of amides is 1. The molecule has 1 fully saturated rings. The summed E-state index contributed by atoms with van der Waals surface area (Å²) in [6.07, 6.45) is -0.108. The third-order valence-electron chi connectivity index (χ3n) is 4.30. The molecule has 0 spiro atoms. The number of alkyl halides is 3. The molecule has 0 aliphatic carbocycles. The summed E-state index contributed by atoms with van der Waals surface area (Å²) in [5, 5.41) is 2.80. The molecule has 1 N–H and O–H groups in total. The van der Waals surface area contributed by atoms with E-state index in [0.29, 0.717) is 24.3 Å². The number of aromatic nitrogens is 1. The molecule has 0 radical (unpaired) electrons. The van der Waals surface area contributed by atoms with E-state index in [1.807, 2.05) is 0 Å². The summed E-state index contributed by atoms with van der Waals surface area (Å²) < 4.78 is 44.9. The van der Waals surface area contributed by atoms with Gasteiger partial charge in [-0.05, 0) is 43.5 Å². The second kappa shape index (κ2) is 7.86. The lowest BCUT2D eigenvalue weighted by Crippen LogP contribution is -2.35. The average Bonchev–Trinajstić information content (AvgIpc) is 2.66. The SMILES string of the molecule is O=C(NC[C@H]1CCCCO1)c1ccc(-c2ncccc2C(F)(F)F)cc1. The topological polar surface area (TPSA) is 51.2 Å². The monoisotopic (exact) mass is 364 g/mol. The van der Waals surface area contributed by atoms with Crippen LogP contribution < -0.4 is 5.32 Å². The number of rotatable bonds is 4. The highest BCUT2D eigenvalue weighted by atomic mass is 19.4. The first-order chi connectivity index (χ1) is 12.4. The fourth-order valence-electron chi connectivity index (χ4n) is 2.92. The number of pyridine rings is 1. The zero-order valence-corrected chi connectivity index (χ0v) is 14.1. The molecule has 138 valence electrons. The summed E-state index contributed by atoms with van der Waals surface area (Å²) in [6.45, 7) is 1.14. The molecule has 26 heavy (non-hydrogen) atoms. The predicted octanol–water partition coefficient (Wildman–Crippen LogP) is 4.07. The van der Waals surface area contributed by atoms with Gasteiger partial charge < -0.3 is 10.1 Å². The maximum atomic E-state index is 13.1. The zero-order chi connectivity index (χ0) is 18.6. The van der Waals surface area contributed by atoms with Gasteiger partial charge in [0.1, 0.15) is 0 Å². The van der Waals surface area contributed by atoms with Gasteiger partial charge in [0.15, 0.2) is 0 Å². The van der Waals surface area contributed by atoms with Crippen molar-refractivity contribution in [2.75, 3.05) is 13.2 Å². The van der Waals surface area contributed by atoms with Crippen molar-refractivity contribution >= 4 is 5.91 Å². The second-order valence-electron chi connectivity index (χ2n) is 6.17. The molecular formula is C19H19F3N2O2. The molecule has 1 amide bonds. The molecule has 1 aromatic heterocycles. The van der Waals surface area contributed by atoms with Crippen molar-refractivity contribution in [2.24, 2.45) is 0 Å². The third-order valence-corrected chi connectivity index (χ3v) is 4.30. The molecular weight excluding hydrogens is 345 g/mol. The lowest BCUT2D eigenvalue weighted by Gasteiger charge is -2.22. The van der Waals surface area contributed by atoms with Crippen LogP contribution in [0.3, 0.4) is 0 Å². The smallest absolute Gasteiger partial charge is 0.376 e. The second-order valence-corrected chi connectivity index (χ2v) is 6.17. The molecule has 1 saturated heterocycles. The first-order valence-corrected chi connectivity index (χ1v) is 8.47. The van der Waals surface area contributed by atoms with Gasteiger partial charge in [-0.15, -0.1) is 0 Å². The molecule has 2 heterocycles. The fourth-order valence-corrected chi connectivity index (χ4v) is 2.92. The summed E-state index contributed by atoms with van der Waals surface area (Å²) in [7, 11) is 0. The van der Waals surface area contributed by atoms with Gasteiger partial charge in [0, 0.05) is 30.5 Å². The summed E-state index contributed by atoms with van der Waals surface area (Å²) in [5.41, 5.74) is -0.256. The molecule has 1 atom stereocenters.